The number of carbonyl (C=O) groups excluding carboxylic acids is 1. The number of para-hydroxylation sites is 1. The highest BCUT2D eigenvalue weighted by atomic mass is 16.5. The van der Waals surface area contributed by atoms with Gasteiger partial charge in [0.25, 0.3) is 5.91 Å². The van der Waals surface area contributed by atoms with Gasteiger partial charge in [0.05, 0.1) is 18.2 Å². The minimum absolute atomic E-state index is 0.0516. The highest BCUT2D eigenvalue weighted by Gasteiger charge is 2.16. The van der Waals surface area contributed by atoms with Crippen LogP contribution in [0.1, 0.15) is 44.0 Å². The van der Waals surface area contributed by atoms with E-state index in [1.165, 1.54) is 0 Å². The second kappa shape index (κ2) is 8.59. The second-order valence-electron chi connectivity index (χ2n) is 5.26. The summed E-state index contributed by atoms with van der Waals surface area (Å²) in [7, 11) is 1.66. The van der Waals surface area contributed by atoms with Crippen LogP contribution in [0.25, 0.3) is 0 Å². The third-order valence-electron chi connectivity index (χ3n) is 2.96. The van der Waals surface area contributed by atoms with Crippen LogP contribution in [-0.2, 0) is 4.74 Å². The zero-order chi connectivity index (χ0) is 15.0. The Morgan fingerprint density at radius 3 is 2.60 bits per heavy atom. The molecule has 1 atom stereocenters. The summed E-state index contributed by atoms with van der Waals surface area (Å²) in [4.78, 5) is 12.4. The van der Waals surface area contributed by atoms with Crippen LogP contribution in [0.5, 0.6) is 0 Å². The fraction of sp³-hybridized carbons (Fsp3) is 0.562. The Kier molecular flexibility index (Phi) is 7.09. The SMILES string of the molecule is CCCC(COC)NC(=O)c1ccccc1NC(C)C. The monoisotopic (exact) mass is 278 g/mol. The molecule has 112 valence electrons. The van der Waals surface area contributed by atoms with Crippen LogP contribution in [0.15, 0.2) is 24.3 Å². The van der Waals surface area contributed by atoms with Crippen LogP contribution < -0.4 is 10.6 Å². The van der Waals surface area contributed by atoms with Crippen LogP contribution in [-0.4, -0.2) is 31.7 Å². The fourth-order valence-corrected chi connectivity index (χ4v) is 2.13. The van der Waals surface area contributed by atoms with Crippen molar-refractivity contribution >= 4 is 11.6 Å². The molecule has 0 spiro atoms. The van der Waals surface area contributed by atoms with Gasteiger partial charge in [-0.1, -0.05) is 25.5 Å². The van der Waals surface area contributed by atoms with Crippen molar-refractivity contribution in [2.75, 3.05) is 19.0 Å². The standard InChI is InChI=1S/C16H26N2O2/c1-5-8-13(11-20-4)18-16(19)14-9-6-7-10-15(14)17-12(2)3/h6-7,9-10,12-13,17H,5,8,11H2,1-4H3,(H,18,19). The summed E-state index contributed by atoms with van der Waals surface area (Å²) in [5.41, 5.74) is 1.55. The Morgan fingerprint density at radius 2 is 2.00 bits per heavy atom. The highest BCUT2D eigenvalue weighted by Crippen LogP contribution is 2.16. The molecule has 1 aromatic rings. The summed E-state index contributed by atoms with van der Waals surface area (Å²) in [6.07, 6.45) is 1.93. The molecule has 0 aromatic heterocycles. The van der Waals surface area contributed by atoms with Gasteiger partial charge < -0.3 is 15.4 Å². The number of amides is 1. The lowest BCUT2D eigenvalue weighted by molar-refractivity contribution is 0.0892. The van der Waals surface area contributed by atoms with Crippen LogP contribution in [0.3, 0.4) is 0 Å². The normalized spacial score (nSPS) is 12.2. The van der Waals surface area contributed by atoms with Gasteiger partial charge in [0.1, 0.15) is 0 Å². The summed E-state index contributed by atoms with van der Waals surface area (Å²) in [6.45, 7) is 6.75. The highest BCUT2D eigenvalue weighted by molar-refractivity contribution is 5.99. The Balaban J connectivity index is 2.80. The second-order valence-corrected chi connectivity index (χ2v) is 5.26. The number of nitrogens with one attached hydrogen (secondary N) is 2. The number of hydrogen-bond donors (Lipinski definition) is 2. The van der Waals surface area contributed by atoms with Gasteiger partial charge in [0.2, 0.25) is 0 Å². The summed E-state index contributed by atoms with van der Waals surface area (Å²) in [6, 6.07) is 7.93. The van der Waals surface area contributed by atoms with Crippen molar-refractivity contribution in [1.82, 2.24) is 5.32 Å². The van der Waals surface area contributed by atoms with E-state index in [1.807, 2.05) is 24.3 Å². The average molecular weight is 278 g/mol. The van der Waals surface area contributed by atoms with Crippen molar-refractivity contribution in [3.05, 3.63) is 29.8 Å². The van der Waals surface area contributed by atoms with E-state index in [2.05, 4.69) is 31.4 Å². The molecule has 0 aliphatic heterocycles. The van der Waals surface area contributed by atoms with Gasteiger partial charge in [-0.05, 0) is 32.4 Å². The van der Waals surface area contributed by atoms with Crippen molar-refractivity contribution in [1.29, 1.82) is 0 Å². The molecule has 4 heteroatoms. The molecule has 0 bridgehead atoms. The first-order chi connectivity index (χ1) is 9.58. The van der Waals surface area contributed by atoms with Crippen molar-refractivity contribution in [3.63, 3.8) is 0 Å². The van der Waals surface area contributed by atoms with Crippen LogP contribution in [0.4, 0.5) is 5.69 Å². The lowest BCUT2D eigenvalue weighted by Crippen LogP contribution is -2.38. The molecule has 1 aromatic carbocycles. The summed E-state index contributed by atoms with van der Waals surface area (Å²) < 4.78 is 5.16. The molecule has 20 heavy (non-hydrogen) atoms. The molecule has 2 N–H and O–H groups in total. The molecule has 0 aliphatic rings. The number of anilines is 1. The van der Waals surface area contributed by atoms with Crippen LogP contribution >= 0.6 is 0 Å². The minimum atomic E-state index is -0.0516. The first-order valence-electron chi connectivity index (χ1n) is 7.23. The Hall–Kier alpha value is -1.55. The molecule has 1 rings (SSSR count). The predicted molar refractivity (Wildman–Crippen MR) is 83.2 cm³/mol. The maximum absolute atomic E-state index is 12.4. The number of benzene rings is 1. The molecule has 0 radical (unpaired) electrons. The summed E-state index contributed by atoms with van der Waals surface area (Å²) in [5.74, 6) is -0.0516. The van der Waals surface area contributed by atoms with E-state index in [-0.39, 0.29) is 18.0 Å². The van der Waals surface area contributed by atoms with Crippen LogP contribution in [0, 0.1) is 0 Å². The maximum atomic E-state index is 12.4. The molecular weight excluding hydrogens is 252 g/mol. The van der Waals surface area contributed by atoms with Gasteiger partial charge in [0.15, 0.2) is 0 Å². The zero-order valence-electron chi connectivity index (χ0n) is 12.9. The fourth-order valence-electron chi connectivity index (χ4n) is 2.13. The van der Waals surface area contributed by atoms with E-state index >= 15 is 0 Å². The van der Waals surface area contributed by atoms with Crippen molar-refractivity contribution in [2.45, 2.75) is 45.7 Å². The van der Waals surface area contributed by atoms with Gasteiger partial charge in [-0.3, -0.25) is 4.79 Å². The summed E-state index contributed by atoms with van der Waals surface area (Å²) in [5, 5.41) is 6.34. The van der Waals surface area contributed by atoms with Crippen molar-refractivity contribution in [3.8, 4) is 0 Å². The van der Waals surface area contributed by atoms with E-state index in [4.69, 9.17) is 4.74 Å². The number of ether oxygens (including phenoxy) is 1. The largest absolute Gasteiger partial charge is 0.383 e. The van der Waals surface area contributed by atoms with E-state index in [1.54, 1.807) is 7.11 Å². The van der Waals surface area contributed by atoms with E-state index in [0.29, 0.717) is 12.2 Å². The topological polar surface area (TPSA) is 50.4 Å². The first kappa shape index (κ1) is 16.5. The van der Waals surface area contributed by atoms with Crippen LogP contribution in [0.2, 0.25) is 0 Å². The molecule has 0 aliphatic carbocycles. The van der Waals surface area contributed by atoms with Crippen molar-refractivity contribution < 1.29 is 9.53 Å². The van der Waals surface area contributed by atoms with Gasteiger partial charge >= 0.3 is 0 Å². The number of hydrogen-bond acceptors (Lipinski definition) is 3. The molecular formula is C16H26N2O2. The number of rotatable bonds is 8. The molecule has 0 saturated carbocycles. The zero-order valence-corrected chi connectivity index (χ0v) is 12.9. The minimum Gasteiger partial charge on any atom is -0.383 e. The quantitative estimate of drug-likeness (QED) is 0.768. The molecule has 0 saturated heterocycles. The maximum Gasteiger partial charge on any atom is 0.253 e. The molecule has 0 fully saturated rings. The lowest BCUT2D eigenvalue weighted by Gasteiger charge is -2.19. The summed E-state index contributed by atoms with van der Waals surface area (Å²) >= 11 is 0. The van der Waals surface area contributed by atoms with E-state index in [0.717, 1.165) is 18.5 Å². The van der Waals surface area contributed by atoms with E-state index in [9.17, 15) is 4.79 Å². The molecule has 1 amide bonds. The van der Waals surface area contributed by atoms with Gasteiger partial charge in [-0.25, -0.2) is 0 Å². The first-order valence-corrected chi connectivity index (χ1v) is 7.23. The molecule has 4 nitrogen and oxygen atoms in total. The predicted octanol–water partition coefficient (Wildman–Crippen LogP) is 3.05. The molecule has 1 unspecified atom stereocenters. The van der Waals surface area contributed by atoms with Gasteiger partial charge in [-0.2, -0.15) is 0 Å². The Bertz CT molecular complexity index is 413. The third kappa shape index (κ3) is 5.21. The smallest absolute Gasteiger partial charge is 0.253 e. The third-order valence-corrected chi connectivity index (χ3v) is 2.96. The van der Waals surface area contributed by atoms with Gasteiger partial charge in [-0.15, -0.1) is 0 Å². The van der Waals surface area contributed by atoms with Gasteiger partial charge in [0, 0.05) is 18.8 Å². The number of methoxy groups -OCH3 is 1. The average Bonchev–Trinajstić information content (AvgIpc) is 2.39. The Labute approximate surface area is 121 Å². The molecule has 0 heterocycles. The lowest BCUT2D eigenvalue weighted by atomic mass is 10.1. The number of carbonyl (C=O) groups is 1. The van der Waals surface area contributed by atoms with Crippen molar-refractivity contribution in [2.24, 2.45) is 0 Å². The van der Waals surface area contributed by atoms with E-state index < -0.39 is 0 Å². The Morgan fingerprint density at radius 1 is 1.30 bits per heavy atom.